The number of amides is 2. The monoisotopic (exact) mass is 411 g/mol. The average molecular weight is 412 g/mol. The van der Waals surface area contributed by atoms with E-state index >= 15 is 0 Å². The van der Waals surface area contributed by atoms with Crippen molar-refractivity contribution in [1.29, 1.82) is 0 Å². The molecule has 0 spiro atoms. The predicted molar refractivity (Wildman–Crippen MR) is 96.9 cm³/mol. The van der Waals surface area contributed by atoms with Crippen LogP contribution in [0, 0.1) is 0 Å². The molecule has 12 heteroatoms. The first-order valence-electron chi connectivity index (χ1n) is 7.61. The first kappa shape index (κ1) is 18.9. The van der Waals surface area contributed by atoms with Crippen molar-refractivity contribution in [1.82, 2.24) is 20.3 Å². The van der Waals surface area contributed by atoms with Crippen LogP contribution >= 0.6 is 10.7 Å². The van der Waals surface area contributed by atoms with Crippen molar-refractivity contribution in [3.8, 4) is 0 Å². The topological polar surface area (TPSA) is 136 Å². The summed E-state index contributed by atoms with van der Waals surface area (Å²) in [6.45, 7) is 1.49. The molecule has 142 valence electrons. The zero-order valence-corrected chi connectivity index (χ0v) is 15.5. The summed E-state index contributed by atoms with van der Waals surface area (Å²) in [6, 6.07) is 5.76. The average Bonchev–Trinajstić information content (AvgIpc) is 3.19. The van der Waals surface area contributed by atoms with Crippen molar-refractivity contribution in [2.24, 2.45) is 0 Å². The van der Waals surface area contributed by atoms with Crippen LogP contribution in [0.5, 0.6) is 0 Å². The molecule has 2 aromatic heterocycles. The largest absolute Gasteiger partial charge is 0.364 e. The highest BCUT2D eigenvalue weighted by atomic mass is 35.7. The van der Waals surface area contributed by atoms with Crippen LogP contribution in [0.1, 0.15) is 23.1 Å². The van der Waals surface area contributed by atoms with E-state index in [1.54, 1.807) is 18.2 Å². The standard InChI is InChI=1S/C15H14ClN5O5S/c1-9(22)14-12-6-10(18-15(23)17-7-11-4-5-26-20-11)2-3-13(12)21(19-14)8-27(16,24)25/h2-6H,7-8H2,1H3,(H2,17,18,23). The van der Waals surface area contributed by atoms with Gasteiger partial charge in [0, 0.05) is 34.7 Å². The molecule has 0 bridgehead atoms. The highest BCUT2D eigenvalue weighted by Crippen LogP contribution is 2.24. The Morgan fingerprint density at radius 2 is 2.07 bits per heavy atom. The zero-order chi connectivity index (χ0) is 19.6. The number of benzene rings is 1. The van der Waals surface area contributed by atoms with E-state index in [0.717, 1.165) is 4.68 Å². The second-order valence-electron chi connectivity index (χ2n) is 5.60. The van der Waals surface area contributed by atoms with Gasteiger partial charge in [0.2, 0.25) is 0 Å². The third-order valence-corrected chi connectivity index (χ3v) is 4.39. The molecule has 0 aliphatic carbocycles. The summed E-state index contributed by atoms with van der Waals surface area (Å²) in [5.41, 5.74) is 1.44. The summed E-state index contributed by atoms with van der Waals surface area (Å²) in [4.78, 5) is 23.8. The van der Waals surface area contributed by atoms with Gasteiger partial charge in [-0.15, -0.1) is 0 Å². The molecule has 0 atom stereocenters. The van der Waals surface area contributed by atoms with E-state index in [0.29, 0.717) is 22.3 Å². The van der Waals surface area contributed by atoms with Crippen LogP contribution in [0.3, 0.4) is 0 Å². The number of rotatable bonds is 6. The number of hydrogen-bond acceptors (Lipinski definition) is 7. The normalized spacial score (nSPS) is 11.5. The number of hydrogen-bond donors (Lipinski definition) is 2. The molecule has 2 N–H and O–H groups in total. The number of aromatic nitrogens is 3. The molecule has 10 nitrogen and oxygen atoms in total. The van der Waals surface area contributed by atoms with Crippen LogP contribution in [-0.2, 0) is 21.5 Å². The molecule has 0 aliphatic heterocycles. The van der Waals surface area contributed by atoms with Gasteiger partial charge < -0.3 is 15.2 Å². The highest BCUT2D eigenvalue weighted by Gasteiger charge is 2.18. The lowest BCUT2D eigenvalue weighted by molar-refractivity contribution is 0.101. The van der Waals surface area contributed by atoms with Crippen LogP contribution in [0.15, 0.2) is 35.1 Å². The van der Waals surface area contributed by atoms with E-state index in [2.05, 4.69) is 25.4 Å². The minimum atomic E-state index is -3.87. The number of ketones is 1. The Morgan fingerprint density at radius 3 is 2.70 bits per heavy atom. The second kappa shape index (κ2) is 7.37. The van der Waals surface area contributed by atoms with Crippen LogP contribution in [0.25, 0.3) is 10.9 Å². The van der Waals surface area contributed by atoms with Crippen molar-refractivity contribution in [2.45, 2.75) is 19.3 Å². The van der Waals surface area contributed by atoms with Gasteiger partial charge in [-0.05, 0) is 18.2 Å². The molecule has 0 radical (unpaired) electrons. The first-order chi connectivity index (χ1) is 12.7. The maximum atomic E-state index is 12.0. The van der Waals surface area contributed by atoms with Crippen molar-refractivity contribution in [3.05, 3.63) is 41.9 Å². The van der Waals surface area contributed by atoms with Crippen LogP contribution < -0.4 is 10.6 Å². The third-order valence-electron chi connectivity index (χ3n) is 3.54. The molecule has 27 heavy (non-hydrogen) atoms. The number of urea groups is 1. The minimum absolute atomic E-state index is 0.0805. The summed E-state index contributed by atoms with van der Waals surface area (Å²) in [7, 11) is 1.41. The van der Waals surface area contributed by atoms with Crippen molar-refractivity contribution in [2.75, 3.05) is 5.32 Å². The maximum absolute atomic E-state index is 12.0. The van der Waals surface area contributed by atoms with Crippen LogP contribution in [-0.4, -0.2) is 35.2 Å². The van der Waals surface area contributed by atoms with Crippen molar-refractivity contribution >= 4 is 48.1 Å². The summed E-state index contributed by atoms with van der Waals surface area (Å²) in [6.07, 6.45) is 1.39. The number of carbonyl (C=O) groups is 2. The number of carbonyl (C=O) groups excluding carboxylic acids is 2. The number of fused-ring (bicyclic) bond motifs is 1. The van der Waals surface area contributed by atoms with Crippen LogP contribution in [0.4, 0.5) is 10.5 Å². The van der Waals surface area contributed by atoms with E-state index in [9.17, 15) is 18.0 Å². The zero-order valence-electron chi connectivity index (χ0n) is 14.0. The smallest absolute Gasteiger partial charge is 0.319 e. The Morgan fingerprint density at radius 1 is 1.30 bits per heavy atom. The second-order valence-corrected chi connectivity index (χ2v) is 8.35. The summed E-state index contributed by atoms with van der Waals surface area (Å²) < 4.78 is 28.5. The Bertz CT molecular complexity index is 1110. The Hall–Kier alpha value is -2.92. The Kier molecular flexibility index (Phi) is 5.15. The lowest BCUT2D eigenvalue weighted by Crippen LogP contribution is -2.28. The van der Waals surface area contributed by atoms with Gasteiger partial charge in [0.05, 0.1) is 12.1 Å². The van der Waals surface area contributed by atoms with Gasteiger partial charge in [-0.1, -0.05) is 5.16 Å². The van der Waals surface area contributed by atoms with E-state index in [1.165, 1.54) is 19.3 Å². The molecule has 2 heterocycles. The fourth-order valence-corrected chi connectivity index (χ4v) is 3.20. The molecule has 3 aromatic rings. The maximum Gasteiger partial charge on any atom is 0.319 e. The number of nitrogens with one attached hydrogen (secondary N) is 2. The van der Waals surface area contributed by atoms with Gasteiger partial charge in [-0.25, -0.2) is 17.9 Å². The van der Waals surface area contributed by atoms with Gasteiger partial charge in [0.1, 0.15) is 17.7 Å². The fraction of sp³-hybridized carbons (Fsp3) is 0.200. The quantitative estimate of drug-likeness (QED) is 0.468. The molecule has 0 saturated carbocycles. The molecule has 0 fully saturated rings. The Labute approximate surface area is 157 Å². The predicted octanol–water partition coefficient (Wildman–Crippen LogP) is 2.07. The van der Waals surface area contributed by atoms with Gasteiger partial charge in [0.25, 0.3) is 9.05 Å². The van der Waals surface area contributed by atoms with E-state index in [1.807, 2.05) is 0 Å². The van der Waals surface area contributed by atoms with Crippen molar-refractivity contribution in [3.63, 3.8) is 0 Å². The van der Waals surface area contributed by atoms with Gasteiger partial charge in [0.15, 0.2) is 11.7 Å². The fourth-order valence-electron chi connectivity index (χ4n) is 2.44. The molecule has 0 aliphatic rings. The summed E-state index contributed by atoms with van der Waals surface area (Å²) in [5, 5.41) is 13.3. The molecule has 2 amide bonds. The molecule has 1 aromatic carbocycles. The number of halogens is 1. The minimum Gasteiger partial charge on any atom is -0.364 e. The molecule has 0 saturated heterocycles. The SMILES string of the molecule is CC(=O)c1nn(CS(=O)(=O)Cl)c2ccc(NC(=O)NCc3ccon3)cc12. The Balaban J connectivity index is 1.84. The van der Waals surface area contributed by atoms with Gasteiger partial charge in [-0.2, -0.15) is 5.10 Å². The summed E-state index contributed by atoms with van der Waals surface area (Å²) in [5.74, 6) is -0.929. The lowest BCUT2D eigenvalue weighted by Gasteiger charge is -2.07. The van der Waals surface area contributed by atoms with E-state index in [-0.39, 0.29) is 18.0 Å². The lowest BCUT2D eigenvalue weighted by atomic mass is 10.1. The van der Waals surface area contributed by atoms with Crippen LogP contribution in [0.2, 0.25) is 0 Å². The van der Waals surface area contributed by atoms with Gasteiger partial charge in [-0.3, -0.25) is 4.79 Å². The first-order valence-corrected chi connectivity index (χ1v) is 10.1. The molecular weight excluding hydrogens is 398 g/mol. The van der Waals surface area contributed by atoms with Crippen molar-refractivity contribution < 1.29 is 22.5 Å². The highest BCUT2D eigenvalue weighted by molar-refractivity contribution is 8.13. The third kappa shape index (κ3) is 4.63. The molecule has 0 unspecified atom stereocenters. The molecule has 3 rings (SSSR count). The number of anilines is 1. The molecular formula is C15H14ClN5O5S. The number of nitrogens with zero attached hydrogens (tertiary/aromatic N) is 3. The van der Waals surface area contributed by atoms with E-state index in [4.69, 9.17) is 10.7 Å². The van der Waals surface area contributed by atoms with Gasteiger partial charge >= 0.3 is 6.03 Å². The summed E-state index contributed by atoms with van der Waals surface area (Å²) >= 11 is 0. The van der Waals surface area contributed by atoms with E-state index < -0.39 is 21.0 Å². The number of Topliss-reactive ketones (excluding diaryl/α,β-unsaturated/α-hetero) is 1.